The molecule has 20 heavy (non-hydrogen) atoms. The van der Waals surface area contributed by atoms with Crippen molar-refractivity contribution in [1.29, 1.82) is 0 Å². The smallest absolute Gasteiger partial charge is 0.310 e. The topological polar surface area (TPSA) is 66.4 Å². The van der Waals surface area contributed by atoms with E-state index in [0.717, 1.165) is 31.4 Å². The number of nitrogens with one attached hydrogen (secondary N) is 1. The molecular formula is C15H25NO3S. The Kier molecular flexibility index (Phi) is 5.35. The van der Waals surface area contributed by atoms with E-state index in [0.29, 0.717) is 18.1 Å². The summed E-state index contributed by atoms with van der Waals surface area (Å²) in [5.74, 6) is 0.245. The molecule has 114 valence electrons. The van der Waals surface area contributed by atoms with Gasteiger partial charge in [-0.15, -0.1) is 0 Å². The summed E-state index contributed by atoms with van der Waals surface area (Å²) >= 11 is 1.97. The highest BCUT2D eigenvalue weighted by Crippen LogP contribution is 2.44. The molecule has 2 aliphatic carbocycles. The van der Waals surface area contributed by atoms with Gasteiger partial charge in [-0.3, -0.25) is 9.59 Å². The maximum Gasteiger partial charge on any atom is 0.310 e. The highest BCUT2D eigenvalue weighted by Gasteiger charge is 2.46. The van der Waals surface area contributed by atoms with E-state index in [4.69, 9.17) is 0 Å². The zero-order valence-electron chi connectivity index (χ0n) is 12.2. The van der Waals surface area contributed by atoms with Crippen molar-refractivity contribution in [2.45, 2.75) is 69.6 Å². The Labute approximate surface area is 125 Å². The predicted octanol–water partition coefficient (Wildman–Crippen LogP) is 2.81. The lowest BCUT2D eigenvalue weighted by atomic mass is 9.66. The van der Waals surface area contributed by atoms with Gasteiger partial charge in [0, 0.05) is 17.7 Å². The van der Waals surface area contributed by atoms with E-state index in [-0.39, 0.29) is 18.4 Å². The monoisotopic (exact) mass is 299 g/mol. The molecular weight excluding hydrogens is 274 g/mol. The standard InChI is InChI=1S/C15H25NO3S/c1-2-20-12-6-3-5-11(9-12)16-13(17)10-15(14(18)19)7-4-8-15/h11-12H,2-10H2,1H3,(H,16,17)(H,18,19). The number of amides is 1. The van der Waals surface area contributed by atoms with Gasteiger partial charge in [0.2, 0.25) is 5.91 Å². The van der Waals surface area contributed by atoms with Crippen LogP contribution in [-0.4, -0.2) is 34.0 Å². The molecule has 2 N–H and O–H groups in total. The van der Waals surface area contributed by atoms with E-state index in [9.17, 15) is 14.7 Å². The van der Waals surface area contributed by atoms with Crippen molar-refractivity contribution in [2.75, 3.05) is 5.75 Å². The van der Waals surface area contributed by atoms with Crippen molar-refractivity contribution in [3.8, 4) is 0 Å². The molecule has 0 aromatic heterocycles. The largest absolute Gasteiger partial charge is 0.481 e. The first-order valence-electron chi connectivity index (χ1n) is 7.70. The second-order valence-corrected chi connectivity index (χ2v) is 7.70. The zero-order chi connectivity index (χ0) is 14.6. The predicted molar refractivity (Wildman–Crippen MR) is 80.9 cm³/mol. The molecule has 0 aromatic rings. The van der Waals surface area contributed by atoms with Crippen LogP contribution in [0.4, 0.5) is 0 Å². The number of carboxylic acid groups (broad SMARTS) is 1. The SMILES string of the molecule is CCSC1CCCC(NC(=O)CC2(C(=O)O)CCC2)C1. The second kappa shape index (κ2) is 6.83. The summed E-state index contributed by atoms with van der Waals surface area (Å²) in [7, 11) is 0. The van der Waals surface area contributed by atoms with Crippen molar-refractivity contribution < 1.29 is 14.7 Å². The molecule has 2 rings (SSSR count). The van der Waals surface area contributed by atoms with Gasteiger partial charge in [-0.1, -0.05) is 19.8 Å². The van der Waals surface area contributed by atoms with Gasteiger partial charge in [0.1, 0.15) is 0 Å². The van der Waals surface area contributed by atoms with Crippen LogP contribution < -0.4 is 5.32 Å². The number of aliphatic carboxylic acids is 1. The van der Waals surface area contributed by atoms with Crippen LogP contribution in [0.1, 0.15) is 58.3 Å². The molecule has 2 atom stereocenters. The fraction of sp³-hybridized carbons (Fsp3) is 0.867. The van der Waals surface area contributed by atoms with Gasteiger partial charge in [-0.25, -0.2) is 0 Å². The molecule has 0 radical (unpaired) electrons. The summed E-state index contributed by atoms with van der Waals surface area (Å²) in [5.41, 5.74) is -0.768. The molecule has 2 fully saturated rings. The minimum Gasteiger partial charge on any atom is -0.481 e. The number of carbonyl (C=O) groups is 2. The molecule has 5 heteroatoms. The number of hydrogen-bond donors (Lipinski definition) is 2. The van der Waals surface area contributed by atoms with Crippen LogP contribution in [0.2, 0.25) is 0 Å². The molecule has 2 unspecified atom stereocenters. The summed E-state index contributed by atoms with van der Waals surface area (Å²) in [6.07, 6.45) is 6.85. The van der Waals surface area contributed by atoms with Crippen molar-refractivity contribution >= 4 is 23.6 Å². The van der Waals surface area contributed by atoms with Crippen molar-refractivity contribution in [1.82, 2.24) is 5.32 Å². The highest BCUT2D eigenvalue weighted by atomic mass is 32.2. The quantitative estimate of drug-likeness (QED) is 0.791. The van der Waals surface area contributed by atoms with Gasteiger partial charge in [-0.2, -0.15) is 11.8 Å². The molecule has 0 aliphatic heterocycles. The molecule has 0 spiro atoms. The Morgan fingerprint density at radius 3 is 2.60 bits per heavy atom. The Morgan fingerprint density at radius 2 is 2.05 bits per heavy atom. The zero-order valence-corrected chi connectivity index (χ0v) is 13.0. The Hall–Kier alpha value is -0.710. The molecule has 0 aromatic carbocycles. The lowest BCUT2D eigenvalue weighted by Crippen LogP contribution is -2.46. The third-order valence-corrected chi connectivity index (χ3v) is 5.89. The van der Waals surface area contributed by atoms with Crippen molar-refractivity contribution in [3.05, 3.63) is 0 Å². The van der Waals surface area contributed by atoms with Crippen LogP contribution in [0.5, 0.6) is 0 Å². The van der Waals surface area contributed by atoms with E-state index in [1.807, 2.05) is 11.8 Å². The normalized spacial score (nSPS) is 28.4. The summed E-state index contributed by atoms with van der Waals surface area (Å²) in [5, 5.41) is 13.0. The first-order valence-corrected chi connectivity index (χ1v) is 8.75. The van der Waals surface area contributed by atoms with E-state index in [1.165, 1.54) is 6.42 Å². The van der Waals surface area contributed by atoms with Gasteiger partial charge in [0.25, 0.3) is 0 Å². The van der Waals surface area contributed by atoms with Crippen molar-refractivity contribution in [2.24, 2.45) is 5.41 Å². The van der Waals surface area contributed by atoms with Gasteiger partial charge in [-0.05, 0) is 37.9 Å². The minimum absolute atomic E-state index is 0.0701. The maximum absolute atomic E-state index is 12.1. The molecule has 0 saturated heterocycles. The third kappa shape index (κ3) is 3.68. The van der Waals surface area contributed by atoms with Gasteiger partial charge in [0.15, 0.2) is 0 Å². The average Bonchev–Trinajstić information content (AvgIpc) is 2.34. The first kappa shape index (κ1) is 15.7. The first-order chi connectivity index (χ1) is 9.55. The molecule has 1 amide bonds. The van der Waals surface area contributed by atoms with Crippen LogP contribution in [0.3, 0.4) is 0 Å². The van der Waals surface area contributed by atoms with E-state index < -0.39 is 11.4 Å². The lowest BCUT2D eigenvalue weighted by molar-refractivity contribution is -0.157. The number of hydrogen-bond acceptors (Lipinski definition) is 3. The van der Waals surface area contributed by atoms with E-state index in [1.54, 1.807) is 0 Å². The summed E-state index contributed by atoms with van der Waals surface area (Å²) < 4.78 is 0. The fourth-order valence-corrected chi connectivity index (χ4v) is 4.49. The number of carbonyl (C=O) groups excluding carboxylic acids is 1. The van der Waals surface area contributed by atoms with Crippen LogP contribution in [0, 0.1) is 5.41 Å². The van der Waals surface area contributed by atoms with Crippen LogP contribution in [0.25, 0.3) is 0 Å². The Bertz CT molecular complexity index is 366. The number of thioether (sulfide) groups is 1. The third-order valence-electron chi connectivity index (χ3n) is 4.66. The van der Waals surface area contributed by atoms with Gasteiger partial charge >= 0.3 is 5.97 Å². The Morgan fingerprint density at radius 1 is 1.30 bits per heavy atom. The van der Waals surface area contributed by atoms with E-state index >= 15 is 0 Å². The highest BCUT2D eigenvalue weighted by molar-refractivity contribution is 7.99. The number of rotatable bonds is 6. The number of carboxylic acids is 1. The second-order valence-electron chi connectivity index (χ2n) is 6.12. The molecule has 2 saturated carbocycles. The van der Waals surface area contributed by atoms with Gasteiger partial charge in [0.05, 0.1) is 5.41 Å². The minimum atomic E-state index is -0.804. The Balaban J connectivity index is 1.80. The average molecular weight is 299 g/mol. The maximum atomic E-state index is 12.1. The van der Waals surface area contributed by atoms with Crippen LogP contribution in [0.15, 0.2) is 0 Å². The van der Waals surface area contributed by atoms with Crippen LogP contribution in [-0.2, 0) is 9.59 Å². The van der Waals surface area contributed by atoms with Crippen LogP contribution >= 0.6 is 11.8 Å². The van der Waals surface area contributed by atoms with E-state index in [2.05, 4.69) is 12.2 Å². The summed E-state index contributed by atoms with van der Waals surface area (Å²) in [4.78, 5) is 23.4. The molecule has 2 aliphatic rings. The van der Waals surface area contributed by atoms with Crippen molar-refractivity contribution in [3.63, 3.8) is 0 Å². The lowest BCUT2D eigenvalue weighted by Gasteiger charge is -2.37. The van der Waals surface area contributed by atoms with Gasteiger partial charge < -0.3 is 10.4 Å². The molecule has 4 nitrogen and oxygen atoms in total. The fourth-order valence-electron chi connectivity index (χ4n) is 3.32. The summed E-state index contributed by atoms with van der Waals surface area (Å²) in [6, 6.07) is 0.242. The molecule has 0 heterocycles. The summed E-state index contributed by atoms with van der Waals surface area (Å²) in [6.45, 7) is 2.17. The molecule has 0 bridgehead atoms.